The first-order valence-corrected chi connectivity index (χ1v) is 11.7. The van der Waals surface area contributed by atoms with E-state index >= 15 is 0 Å². The van der Waals surface area contributed by atoms with Crippen LogP contribution in [-0.2, 0) is 4.18 Å². The van der Waals surface area contributed by atoms with Crippen LogP contribution in [0.5, 0.6) is 0 Å². The number of hydrogen-bond acceptors (Lipinski definition) is 1. The minimum atomic E-state index is -1.60. The van der Waals surface area contributed by atoms with Gasteiger partial charge in [0.15, 0.2) is 0 Å². The van der Waals surface area contributed by atoms with Crippen molar-refractivity contribution < 1.29 is 4.18 Å². The van der Waals surface area contributed by atoms with Gasteiger partial charge in [-0.2, -0.15) is 0 Å². The van der Waals surface area contributed by atoms with Gasteiger partial charge < -0.3 is 4.18 Å². The van der Waals surface area contributed by atoms with Gasteiger partial charge in [0.2, 0.25) is 0 Å². The van der Waals surface area contributed by atoms with Crippen molar-refractivity contribution in [2.24, 2.45) is 5.92 Å². The lowest BCUT2D eigenvalue weighted by Gasteiger charge is -2.50. The van der Waals surface area contributed by atoms with Crippen molar-refractivity contribution in [3.05, 3.63) is 72.8 Å². The fraction of sp³-hybridized carbons (Fsp3) is 0.440. The van der Waals surface area contributed by atoms with Crippen LogP contribution in [0, 0.1) is 5.92 Å². The van der Waals surface area contributed by atoms with E-state index in [4.69, 9.17) is 4.18 Å². The molecule has 0 N–H and O–H groups in total. The summed E-state index contributed by atoms with van der Waals surface area (Å²) >= 11 is 0. The molecule has 27 heavy (non-hydrogen) atoms. The fourth-order valence-corrected chi connectivity index (χ4v) is 6.90. The maximum absolute atomic E-state index is 6.83. The van der Waals surface area contributed by atoms with Crippen LogP contribution >= 0.6 is 10.3 Å². The van der Waals surface area contributed by atoms with Crippen LogP contribution in [0.25, 0.3) is 0 Å². The summed E-state index contributed by atoms with van der Waals surface area (Å²) in [7, 11) is -1.60. The summed E-state index contributed by atoms with van der Waals surface area (Å²) in [6, 6.07) is 21.5. The predicted octanol–water partition coefficient (Wildman–Crippen LogP) is 8.27. The van der Waals surface area contributed by atoms with Gasteiger partial charge in [-0.25, -0.2) is 0 Å². The van der Waals surface area contributed by atoms with Gasteiger partial charge in [0.25, 0.3) is 0 Å². The van der Waals surface area contributed by atoms with E-state index in [9.17, 15) is 0 Å². The molecule has 0 aliphatic heterocycles. The normalized spacial score (nSPS) is 13.7. The zero-order valence-corrected chi connectivity index (χ0v) is 19.1. The number of benzene rings is 2. The Morgan fingerprint density at radius 2 is 1.33 bits per heavy atom. The summed E-state index contributed by atoms with van der Waals surface area (Å²) in [5, 5.41) is 0. The fourth-order valence-electron chi connectivity index (χ4n) is 3.16. The third kappa shape index (κ3) is 5.99. The average molecular weight is 387 g/mol. The van der Waals surface area contributed by atoms with E-state index in [-0.39, 0.29) is 4.75 Å². The van der Waals surface area contributed by atoms with E-state index in [1.165, 1.54) is 9.79 Å². The molecule has 0 bridgehead atoms. The van der Waals surface area contributed by atoms with Crippen LogP contribution in [-0.4, -0.2) is 11.4 Å². The van der Waals surface area contributed by atoms with Crippen molar-refractivity contribution in [3.63, 3.8) is 0 Å². The molecule has 2 heteroatoms. The van der Waals surface area contributed by atoms with Crippen LogP contribution in [0.3, 0.4) is 0 Å². The maximum Gasteiger partial charge on any atom is 0.0606 e. The molecule has 0 spiro atoms. The molecule has 0 heterocycles. The van der Waals surface area contributed by atoms with Crippen LogP contribution in [0.4, 0.5) is 0 Å². The van der Waals surface area contributed by atoms with Crippen LogP contribution in [0.15, 0.2) is 82.6 Å². The minimum Gasteiger partial charge on any atom is -0.328 e. The van der Waals surface area contributed by atoms with Gasteiger partial charge in [0.05, 0.1) is 6.61 Å². The van der Waals surface area contributed by atoms with E-state index in [0.29, 0.717) is 5.92 Å². The first kappa shape index (κ1) is 23.5. The van der Waals surface area contributed by atoms with Crippen LogP contribution in [0.2, 0.25) is 0 Å². The number of allylic oxidation sites excluding steroid dienone is 2. The molecular weight excluding hydrogens is 348 g/mol. The summed E-state index contributed by atoms with van der Waals surface area (Å²) in [5.41, 5.74) is 0. The van der Waals surface area contributed by atoms with Gasteiger partial charge in [-0.15, -0.1) is 0 Å². The lowest BCUT2D eigenvalue weighted by molar-refractivity contribution is 0.319. The molecule has 0 saturated heterocycles. The Morgan fingerprint density at radius 1 is 0.889 bits per heavy atom. The van der Waals surface area contributed by atoms with E-state index in [1.54, 1.807) is 0 Å². The molecule has 0 aliphatic rings. The smallest absolute Gasteiger partial charge is 0.0606 e. The Morgan fingerprint density at radius 3 is 1.70 bits per heavy atom. The number of hydrogen-bond donors (Lipinski definition) is 0. The minimum absolute atomic E-state index is 0.000456. The average Bonchev–Trinajstić information content (AvgIpc) is 2.67. The van der Waals surface area contributed by atoms with Crippen molar-refractivity contribution in [1.29, 1.82) is 0 Å². The first-order valence-electron chi connectivity index (χ1n) is 10.1. The maximum atomic E-state index is 6.83. The predicted molar refractivity (Wildman–Crippen MR) is 123 cm³/mol. The first-order chi connectivity index (χ1) is 12.9. The molecule has 0 radical (unpaired) electrons. The van der Waals surface area contributed by atoms with Gasteiger partial charge in [-0.3, -0.25) is 0 Å². The molecule has 0 aliphatic carbocycles. The number of rotatable bonds is 7. The molecule has 2 rings (SSSR count). The molecule has 0 aromatic heterocycles. The zero-order valence-electron chi connectivity index (χ0n) is 18.2. The van der Waals surface area contributed by atoms with Crippen molar-refractivity contribution in [3.8, 4) is 0 Å². The molecule has 1 nitrogen and oxygen atoms in total. The highest BCUT2D eigenvalue weighted by molar-refractivity contribution is 8.31. The summed E-state index contributed by atoms with van der Waals surface area (Å²) < 4.78 is 6.83. The standard InChI is InChI=1S/C23H32OS.C2H6/c1-6-13-20(2)18-19-24-25(23(3,4)5,21-14-9-7-10-15-21)22-16-11-8-12-17-22;1-2/h6-17,20H,18-19H2,1-5H3;1-2H3/b13-6+;. The Bertz CT molecular complexity index is 616. The largest absolute Gasteiger partial charge is 0.328 e. The third-order valence-electron chi connectivity index (χ3n) is 4.37. The highest BCUT2D eigenvalue weighted by atomic mass is 32.3. The van der Waals surface area contributed by atoms with Crippen molar-refractivity contribution in [2.75, 3.05) is 6.61 Å². The monoisotopic (exact) mass is 386 g/mol. The summed E-state index contributed by atoms with van der Waals surface area (Å²) in [6.45, 7) is 16.0. The Balaban J connectivity index is 0.00000176. The van der Waals surface area contributed by atoms with Gasteiger partial charge in [-0.05, 0) is 64.3 Å². The second-order valence-electron chi connectivity index (χ2n) is 7.41. The Hall–Kier alpha value is -1.51. The lowest BCUT2D eigenvalue weighted by atomic mass is 10.1. The molecule has 2 aromatic rings. The SMILES string of the molecule is C/C=C/C(C)CCOS(c1ccccc1)(c1ccccc1)C(C)(C)C.CC. The van der Waals surface area contributed by atoms with Gasteiger partial charge >= 0.3 is 0 Å². The zero-order chi connectivity index (χ0) is 20.3. The third-order valence-corrected chi connectivity index (χ3v) is 8.48. The molecule has 0 saturated carbocycles. The summed E-state index contributed by atoms with van der Waals surface area (Å²) in [4.78, 5) is 2.60. The topological polar surface area (TPSA) is 9.23 Å². The van der Waals surface area contributed by atoms with Crippen molar-refractivity contribution in [1.82, 2.24) is 0 Å². The van der Waals surface area contributed by atoms with Gasteiger partial charge in [-0.1, -0.05) is 79.6 Å². The molecule has 1 atom stereocenters. The molecular formula is C25H38OS. The van der Waals surface area contributed by atoms with E-state index in [2.05, 4.69) is 107 Å². The highest BCUT2D eigenvalue weighted by Gasteiger charge is 2.41. The molecule has 1 unspecified atom stereocenters. The Kier molecular flexibility index (Phi) is 9.90. The van der Waals surface area contributed by atoms with Crippen LogP contribution in [0.1, 0.15) is 54.9 Å². The molecule has 0 fully saturated rings. The molecule has 2 aromatic carbocycles. The van der Waals surface area contributed by atoms with Crippen molar-refractivity contribution >= 4 is 10.3 Å². The quantitative estimate of drug-likeness (QED) is 0.435. The van der Waals surface area contributed by atoms with Gasteiger partial charge in [0, 0.05) is 14.5 Å². The second kappa shape index (κ2) is 11.4. The highest BCUT2D eigenvalue weighted by Crippen LogP contribution is 2.71. The van der Waals surface area contributed by atoms with E-state index in [1.807, 2.05) is 13.8 Å². The summed E-state index contributed by atoms with van der Waals surface area (Å²) in [6.07, 6.45) is 5.42. The molecule has 0 amide bonds. The summed E-state index contributed by atoms with van der Waals surface area (Å²) in [5.74, 6) is 0.536. The van der Waals surface area contributed by atoms with Gasteiger partial charge in [0.1, 0.15) is 0 Å². The Labute approximate surface area is 169 Å². The van der Waals surface area contributed by atoms with Crippen molar-refractivity contribution in [2.45, 2.75) is 69.4 Å². The molecule has 150 valence electrons. The van der Waals surface area contributed by atoms with E-state index in [0.717, 1.165) is 13.0 Å². The van der Waals surface area contributed by atoms with E-state index < -0.39 is 10.3 Å². The van der Waals surface area contributed by atoms with Crippen LogP contribution < -0.4 is 0 Å². The second-order valence-corrected chi connectivity index (χ2v) is 10.9. The lowest BCUT2D eigenvalue weighted by Crippen LogP contribution is -2.28.